The third-order valence-electron chi connectivity index (χ3n) is 4.90. The first-order chi connectivity index (χ1) is 13.5. The van der Waals surface area contributed by atoms with E-state index in [9.17, 15) is 14.9 Å². The van der Waals surface area contributed by atoms with Gasteiger partial charge in [0, 0.05) is 24.3 Å². The zero-order chi connectivity index (χ0) is 20.1. The van der Waals surface area contributed by atoms with Gasteiger partial charge < -0.3 is 4.90 Å². The predicted octanol–water partition coefficient (Wildman–Crippen LogP) is 4.31. The molecule has 1 amide bonds. The highest BCUT2D eigenvalue weighted by molar-refractivity contribution is 8.00. The van der Waals surface area contributed by atoms with Gasteiger partial charge in [-0.15, -0.1) is 0 Å². The Bertz CT molecular complexity index is 915. The molecule has 6 heteroatoms. The molecule has 2 heterocycles. The van der Waals surface area contributed by atoms with Crippen LogP contribution in [0.5, 0.6) is 0 Å². The van der Waals surface area contributed by atoms with E-state index in [-0.39, 0.29) is 11.7 Å². The van der Waals surface area contributed by atoms with Gasteiger partial charge in [-0.05, 0) is 44.7 Å². The van der Waals surface area contributed by atoms with Crippen LogP contribution in [-0.4, -0.2) is 34.7 Å². The van der Waals surface area contributed by atoms with Gasteiger partial charge in [-0.1, -0.05) is 42.1 Å². The molecule has 3 rings (SSSR count). The predicted molar refractivity (Wildman–Crippen MR) is 109 cm³/mol. The summed E-state index contributed by atoms with van der Waals surface area (Å²) in [6.45, 7) is 4.75. The number of aryl methyl sites for hydroxylation is 1. The Morgan fingerprint density at radius 1 is 1.18 bits per heavy atom. The van der Waals surface area contributed by atoms with Crippen molar-refractivity contribution in [3.63, 3.8) is 0 Å². The van der Waals surface area contributed by atoms with E-state index in [1.165, 1.54) is 18.7 Å². The summed E-state index contributed by atoms with van der Waals surface area (Å²) in [7, 11) is 0. The minimum Gasteiger partial charge on any atom is -0.341 e. The molecule has 0 N–H and O–H groups in total. The molecule has 0 unspecified atom stereocenters. The number of piperidine rings is 1. The quantitative estimate of drug-likeness (QED) is 0.559. The number of ketones is 1. The fraction of sp³-hybridized carbons (Fsp3) is 0.364. The largest absolute Gasteiger partial charge is 0.341 e. The number of aromatic nitrogens is 1. The molecule has 0 aliphatic carbocycles. The van der Waals surface area contributed by atoms with Crippen LogP contribution in [0, 0.1) is 18.3 Å². The first-order valence-corrected chi connectivity index (χ1v) is 10.3. The van der Waals surface area contributed by atoms with E-state index >= 15 is 0 Å². The van der Waals surface area contributed by atoms with Crippen molar-refractivity contribution in [3.8, 4) is 6.07 Å². The molecule has 1 atom stereocenters. The molecule has 2 aromatic rings. The average molecular weight is 394 g/mol. The molecule has 1 aromatic carbocycles. The number of amides is 1. The SMILES string of the molecule is CC(=O)c1cc(C#N)c(S[C@H](C(=O)N2CCCCC2)c2ccccc2)nc1C. The number of benzene rings is 1. The Balaban J connectivity index is 1.98. The minimum atomic E-state index is -0.471. The second-order valence-corrected chi connectivity index (χ2v) is 8.03. The van der Waals surface area contributed by atoms with Gasteiger partial charge in [0.1, 0.15) is 16.3 Å². The van der Waals surface area contributed by atoms with Crippen molar-refractivity contribution in [1.82, 2.24) is 9.88 Å². The summed E-state index contributed by atoms with van der Waals surface area (Å²) in [4.78, 5) is 31.5. The first kappa shape index (κ1) is 20.1. The molecular weight excluding hydrogens is 370 g/mol. The van der Waals surface area contributed by atoms with Crippen LogP contribution < -0.4 is 0 Å². The van der Waals surface area contributed by atoms with Crippen LogP contribution >= 0.6 is 11.8 Å². The van der Waals surface area contributed by atoms with Crippen molar-refractivity contribution < 1.29 is 9.59 Å². The maximum atomic E-state index is 13.3. The van der Waals surface area contributed by atoms with E-state index < -0.39 is 5.25 Å². The number of hydrogen-bond acceptors (Lipinski definition) is 5. The fourth-order valence-electron chi connectivity index (χ4n) is 3.39. The van der Waals surface area contributed by atoms with Crippen molar-refractivity contribution in [1.29, 1.82) is 5.26 Å². The highest BCUT2D eigenvalue weighted by atomic mass is 32.2. The van der Waals surface area contributed by atoms with Crippen molar-refractivity contribution in [2.24, 2.45) is 0 Å². The summed E-state index contributed by atoms with van der Waals surface area (Å²) in [6, 6.07) is 13.3. The standard InChI is InChI=1S/C22H23N3O2S/c1-15-19(16(2)26)13-18(14-23)21(24-15)28-20(17-9-5-3-6-10-17)22(27)25-11-7-4-8-12-25/h3,5-6,9-10,13,20H,4,7-8,11-12H2,1-2H3/t20-/m0/s1. The lowest BCUT2D eigenvalue weighted by molar-refractivity contribution is -0.131. The number of Topliss-reactive ketones (excluding diaryl/α,β-unsaturated/α-hetero) is 1. The van der Waals surface area contributed by atoms with Crippen molar-refractivity contribution >= 4 is 23.5 Å². The Labute approximate surface area is 169 Å². The number of carbonyl (C=O) groups is 2. The third kappa shape index (κ3) is 4.42. The van der Waals surface area contributed by atoms with Crippen LogP contribution in [0.1, 0.15) is 58.6 Å². The number of hydrogen-bond donors (Lipinski definition) is 0. The fourth-order valence-corrected chi connectivity index (χ4v) is 4.58. The average Bonchev–Trinajstić information content (AvgIpc) is 2.72. The molecule has 1 fully saturated rings. The second-order valence-electron chi connectivity index (χ2n) is 6.94. The summed E-state index contributed by atoms with van der Waals surface area (Å²) >= 11 is 1.29. The van der Waals surface area contributed by atoms with Gasteiger partial charge in [0.05, 0.1) is 5.56 Å². The second kappa shape index (κ2) is 9.03. The summed E-state index contributed by atoms with van der Waals surface area (Å²) < 4.78 is 0. The zero-order valence-electron chi connectivity index (χ0n) is 16.1. The number of pyridine rings is 1. The summed E-state index contributed by atoms with van der Waals surface area (Å²) in [5.41, 5.74) is 2.24. The minimum absolute atomic E-state index is 0.0508. The van der Waals surface area contributed by atoms with Crippen LogP contribution in [0.4, 0.5) is 0 Å². The highest BCUT2D eigenvalue weighted by Gasteiger charge is 2.29. The maximum absolute atomic E-state index is 13.3. The highest BCUT2D eigenvalue weighted by Crippen LogP contribution is 2.38. The number of likely N-dealkylation sites (tertiary alicyclic amines) is 1. The van der Waals surface area contributed by atoms with E-state index in [0.717, 1.165) is 37.9 Å². The summed E-state index contributed by atoms with van der Waals surface area (Å²) in [5.74, 6) is -0.0723. The Kier molecular flexibility index (Phi) is 6.48. The lowest BCUT2D eigenvalue weighted by Gasteiger charge is -2.30. The molecule has 1 aromatic heterocycles. The molecule has 1 saturated heterocycles. The van der Waals surface area contributed by atoms with E-state index in [2.05, 4.69) is 11.1 Å². The number of nitrogens with zero attached hydrogens (tertiary/aromatic N) is 3. The smallest absolute Gasteiger partial charge is 0.240 e. The van der Waals surface area contributed by atoms with E-state index in [0.29, 0.717) is 21.8 Å². The number of nitriles is 1. The molecule has 144 valence electrons. The van der Waals surface area contributed by atoms with Crippen LogP contribution in [0.25, 0.3) is 0 Å². The number of thioether (sulfide) groups is 1. The molecular formula is C22H23N3O2S. The summed E-state index contributed by atoms with van der Waals surface area (Å²) in [6.07, 6.45) is 3.19. The molecule has 0 spiro atoms. The van der Waals surface area contributed by atoms with Crippen molar-refractivity contribution in [3.05, 3.63) is 58.8 Å². The van der Waals surface area contributed by atoms with E-state index in [4.69, 9.17) is 0 Å². The molecule has 1 aliphatic heterocycles. The first-order valence-electron chi connectivity index (χ1n) is 9.44. The van der Waals surface area contributed by atoms with Gasteiger partial charge in [-0.2, -0.15) is 5.26 Å². The molecule has 0 saturated carbocycles. The Hall–Kier alpha value is -2.65. The molecule has 1 aliphatic rings. The van der Waals surface area contributed by atoms with Crippen molar-refractivity contribution in [2.75, 3.05) is 13.1 Å². The topological polar surface area (TPSA) is 74.1 Å². The lowest BCUT2D eigenvalue weighted by Crippen LogP contribution is -2.38. The van der Waals surface area contributed by atoms with E-state index in [1.54, 1.807) is 13.0 Å². The van der Waals surface area contributed by atoms with Crippen LogP contribution in [-0.2, 0) is 4.79 Å². The van der Waals surface area contributed by atoms with Gasteiger partial charge in [-0.3, -0.25) is 9.59 Å². The number of carbonyl (C=O) groups excluding carboxylic acids is 2. The van der Waals surface area contributed by atoms with Gasteiger partial charge in [-0.25, -0.2) is 4.98 Å². The van der Waals surface area contributed by atoms with Gasteiger partial charge >= 0.3 is 0 Å². The monoisotopic (exact) mass is 393 g/mol. The lowest BCUT2D eigenvalue weighted by atomic mass is 10.1. The summed E-state index contributed by atoms with van der Waals surface area (Å²) in [5, 5.41) is 9.60. The Morgan fingerprint density at radius 3 is 2.46 bits per heavy atom. The van der Waals surface area contributed by atoms with Crippen LogP contribution in [0.3, 0.4) is 0 Å². The number of rotatable bonds is 5. The van der Waals surface area contributed by atoms with Gasteiger partial charge in [0.2, 0.25) is 5.91 Å². The molecule has 5 nitrogen and oxygen atoms in total. The van der Waals surface area contributed by atoms with Gasteiger partial charge in [0.25, 0.3) is 0 Å². The van der Waals surface area contributed by atoms with Crippen LogP contribution in [0.2, 0.25) is 0 Å². The third-order valence-corrected chi connectivity index (χ3v) is 6.15. The Morgan fingerprint density at radius 2 is 1.86 bits per heavy atom. The molecule has 0 bridgehead atoms. The normalized spacial score (nSPS) is 15.0. The van der Waals surface area contributed by atoms with Gasteiger partial charge in [0.15, 0.2) is 5.78 Å². The van der Waals surface area contributed by atoms with Crippen molar-refractivity contribution in [2.45, 2.75) is 43.4 Å². The molecule has 28 heavy (non-hydrogen) atoms. The maximum Gasteiger partial charge on any atom is 0.240 e. The zero-order valence-corrected chi connectivity index (χ0v) is 17.0. The molecule has 0 radical (unpaired) electrons. The van der Waals surface area contributed by atoms with E-state index in [1.807, 2.05) is 35.2 Å². The van der Waals surface area contributed by atoms with Crippen LogP contribution in [0.15, 0.2) is 41.4 Å².